The van der Waals surface area contributed by atoms with E-state index in [1.54, 1.807) is 4.90 Å². The third kappa shape index (κ3) is 3.38. The number of hydrogen-bond donors (Lipinski definition) is 1. The molecule has 2 unspecified atom stereocenters. The fourth-order valence-electron chi connectivity index (χ4n) is 1.84. The van der Waals surface area contributed by atoms with Crippen LogP contribution in [-0.2, 0) is 4.74 Å². The first-order valence-corrected chi connectivity index (χ1v) is 5.50. The molecule has 0 aromatic carbocycles. The van der Waals surface area contributed by atoms with Crippen molar-refractivity contribution >= 4 is 6.09 Å². The molecule has 1 fully saturated rings. The number of nitrogens with one attached hydrogen (secondary N) is 1. The van der Waals surface area contributed by atoms with Gasteiger partial charge in [-0.3, -0.25) is 0 Å². The van der Waals surface area contributed by atoms with Crippen molar-refractivity contribution < 1.29 is 9.53 Å². The molecule has 1 heterocycles. The summed E-state index contributed by atoms with van der Waals surface area (Å²) < 4.78 is 5.32. The Morgan fingerprint density at radius 3 is 2.47 bits per heavy atom. The highest BCUT2D eigenvalue weighted by molar-refractivity contribution is 5.68. The molecule has 1 amide bonds. The molecule has 1 saturated heterocycles. The number of rotatable bonds is 1. The molecule has 1 N–H and O–H groups in total. The average molecular weight is 214 g/mol. The number of ether oxygens (including phenoxy) is 1. The van der Waals surface area contributed by atoms with Gasteiger partial charge >= 0.3 is 6.09 Å². The lowest BCUT2D eigenvalue weighted by atomic mass is 10.1. The molecule has 0 bridgehead atoms. The Morgan fingerprint density at radius 1 is 1.47 bits per heavy atom. The summed E-state index contributed by atoms with van der Waals surface area (Å²) in [4.78, 5) is 13.5. The molecule has 1 aliphatic rings. The second-order valence-electron chi connectivity index (χ2n) is 5.19. The molecule has 0 aromatic rings. The Morgan fingerprint density at radius 2 is 2.07 bits per heavy atom. The maximum atomic E-state index is 11.8. The predicted octanol–water partition coefficient (Wildman–Crippen LogP) is 1.60. The molecule has 0 spiro atoms. The number of hydrogen-bond acceptors (Lipinski definition) is 3. The van der Waals surface area contributed by atoms with Crippen LogP contribution in [0.1, 0.15) is 34.1 Å². The molecule has 4 nitrogen and oxygen atoms in total. The first-order chi connectivity index (χ1) is 6.81. The second kappa shape index (κ2) is 4.39. The lowest BCUT2D eigenvalue weighted by molar-refractivity contribution is 0.0215. The summed E-state index contributed by atoms with van der Waals surface area (Å²) >= 11 is 0. The van der Waals surface area contributed by atoms with Crippen molar-refractivity contribution in [3.8, 4) is 0 Å². The van der Waals surface area contributed by atoms with Gasteiger partial charge in [0.05, 0.1) is 6.04 Å². The van der Waals surface area contributed by atoms with Gasteiger partial charge in [0, 0.05) is 13.1 Å². The van der Waals surface area contributed by atoms with Crippen molar-refractivity contribution in [2.45, 2.75) is 51.8 Å². The molecule has 0 aliphatic carbocycles. The Hall–Kier alpha value is -0.770. The molecule has 4 heteroatoms. The molecule has 15 heavy (non-hydrogen) atoms. The van der Waals surface area contributed by atoms with E-state index in [4.69, 9.17) is 4.74 Å². The molecule has 88 valence electrons. The number of amides is 1. The highest BCUT2D eigenvalue weighted by Gasteiger charge is 2.31. The zero-order valence-corrected chi connectivity index (χ0v) is 10.3. The SMILES string of the molecule is CC1NCCC1N(C)C(=O)OC(C)(C)C. The standard InChI is InChI=1S/C11H22N2O2/c1-8-9(6-7-12-8)13(5)10(14)15-11(2,3)4/h8-9,12H,6-7H2,1-5H3. The van der Waals surface area contributed by atoms with Gasteiger partial charge < -0.3 is 15.0 Å². The van der Waals surface area contributed by atoms with E-state index in [-0.39, 0.29) is 12.1 Å². The van der Waals surface area contributed by atoms with E-state index in [0.29, 0.717) is 6.04 Å². The maximum absolute atomic E-state index is 11.8. The molecular weight excluding hydrogens is 192 g/mol. The van der Waals surface area contributed by atoms with Gasteiger partial charge in [0.2, 0.25) is 0 Å². The minimum absolute atomic E-state index is 0.233. The summed E-state index contributed by atoms with van der Waals surface area (Å²) in [6.07, 6.45) is 0.764. The van der Waals surface area contributed by atoms with Crippen LogP contribution in [0.15, 0.2) is 0 Å². The van der Waals surface area contributed by atoms with E-state index >= 15 is 0 Å². The largest absolute Gasteiger partial charge is 0.444 e. The summed E-state index contributed by atoms with van der Waals surface area (Å²) in [6, 6.07) is 0.599. The predicted molar refractivity (Wildman–Crippen MR) is 59.9 cm³/mol. The van der Waals surface area contributed by atoms with Gasteiger partial charge in [0.25, 0.3) is 0 Å². The lowest BCUT2D eigenvalue weighted by Gasteiger charge is -2.30. The smallest absolute Gasteiger partial charge is 0.410 e. The van der Waals surface area contributed by atoms with Crippen molar-refractivity contribution in [3.05, 3.63) is 0 Å². The fraction of sp³-hybridized carbons (Fsp3) is 0.909. The molecule has 1 rings (SSSR count). The van der Waals surface area contributed by atoms with Crippen LogP contribution >= 0.6 is 0 Å². The Bertz CT molecular complexity index is 235. The van der Waals surface area contributed by atoms with Gasteiger partial charge in [0.1, 0.15) is 5.60 Å². The first kappa shape index (κ1) is 12.3. The average Bonchev–Trinajstić information content (AvgIpc) is 2.47. The quantitative estimate of drug-likeness (QED) is 0.721. The van der Waals surface area contributed by atoms with Gasteiger partial charge in [-0.1, -0.05) is 0 Å². The van der Waals surface area contributed by atoms with E-state index < -0.39 is 5.60 Å². The van der Waals surface area contributed by atoms with Crippen LogP contribution in [0.5, 0.6) is 0 Å². The number of likely N-dealkylation sites (N-methyl/N-ethyl adjacent to an activating group) is 1. The van der Waals surface area contributed by atoms with Crippen molar-refractivity contribution in [2.24, 2.45) is 0 Å². The second-order valence-corrected chi connectivity index (χ2v) is 5.19. The topological polar surface area (TPSA) is 41.6 Å². The van der Waals surface area contributed by atoms with Crippen molar-refractivity contribution in [1.82, 2.24) is 10.2 Å². The van der Waals surface area contributed by atoms with Crippen LogP contribution in [0.4, 0.5) is 4.79 Å². The van der Waals surface area contributed by atoms with Crippen LogP contribution in [0.2, 0.25) is 0 Å². The Labute approximate surface area is 92.0 Å². The summed E-state index contributed by atoms with van der Waals surface area (Å²) in [5.74, 6) is 0. The van der Waals surface area contributed by atoms with Crippen LogP contribution in [0.3, 0.4) is 0 Å². The van der Waals surface area contributed by atoms with Crippen LogP contribution in [-0.4, -0.2) is 42.3 Å². The molecule has 0 saturated carbocycles. The zero-order chi connectivity index (χ0) is 11.6. The third-order valence-corrected chi connectivity index (χ3v) is 2.66. The summed E-state index contributed by atoms with van der Waals surface area (Å²) in [6.45, 7) is 8.72. The van der Waals surface area contributed by atoms with Gasteiger partial charge in [-0.25, -0.2) is 4.79 Å². The Kier molecular flexibility index (Phi) is 3.60. The fourth-order valence-corrected chi connectivity index (χ4v) is 1.84. The molecule has 0 radical (unpaired) electrons. The zero-order valence-electron chi connectivity index (χ0n) is 10.3. The van der Waals surface area contributed by atoms with E-state index in [1.807, 2.05) is 27.8 Å². The number of carbonyl (C=O) groups is 1. The monoisotopic (exact) mass is 214 g/mol. The summed E-state index contributed by atoms with van der Waals surface area (Å²) in [7, 11) is 1.81. The first-order valence-electron chi connectivity index (χ1n) is 5.50. The van der Waals surface area contributed by atoms with Crippen molar-refractivity contribution in [3.63, 3.8) is 0 Å². The highest BCUT2D eigenvalue weighted by Crippen LogP contribution is 2.16. The van der Waals surface area contributed by atoms with Crippen LogP contribution in [0, 0.1) is 0 Å². The maximum Gasteiger partial charge on any atom is 0.410 e. The summed E-state index contributed by atoms with van der Waals surface area (Å²) in [5.41, 5.74) is -0.416. The minimum Gasteiger partial charge on any atom is -0.444 e. The normalized spacial score (nSPS) is 26.5. The lowest BCUT2D eigenvalue weighted by Crippen LogP contribution is -2.45. The Balaban J connectivity index is 2.52. The van der Waals surface area contributed by atoms with E-state index in [9.17, 15) is 4.79 Å². The molecule has 2 atom stereocenters. The number of carbonyl (C=O) groups excluding carboxylic acids is 1. The van der Waals surface area contributed by atoms with E-state index in [0.717, 1.165) is 13.0 Å². The summed E-state index contributed by atoms with van der Waals surface area (Å²) in [5, 5.41) is 3.32. The molecule has 1 aliphatic heterocycles. The van der Waals surface area contributed by atoms with E-state index in [1.165, 1.54) is 0 Å². The third-order valence-electron chi connectivity index (χ3n) is 2.66. The van der Waals surface area contributed by atoms with Gasteiger partial charge in [0.15, 0.2) is 0 Å². The van der Waals surface area contributed by atoms with Crippen molar-refractivity contribution in [2.75, 3.05) is 13.6 Å². The van der Waals surface area contributed by atoms with Gasteiger partial charge in [-0.2, -0.15) is 0 Å². The van der Waals surface area contributed by atoms with E-state index in [2.05, 4.69) is 12.2 Å². The molecule has 0 aromatic heterocycles. The van der Waals surface area contributed by atoms with Crippen LogP contribution in [0.25, 0.3) is 0 Å². The molecular formula is C11H22N2O2. The van der Waals surface area contributed by atoms with Crippen molar-refractivity contribution in [1.29, 1.82) is 0 Å². The minimum atomic E-state index is -0.416. The highest BCUT2D eigenvalue weighted by atomic mass is 16.6. The van der Waals surface area contributed by atoms with Gasteiger partial charge in [-0.05, 0) is 40.7 Å². The van der Waals surface area contributed by atoms with Crippen LogP contribution < -0.4 is 5.32 Å². The number of nitrogens with zero attached hydrogens (tertiary/aromatic N) is 1. The van der Waals surface area contributed by atoms with Gasteiger partial charge in [-0.15, -0.1) is 0 Å².